The van der Waals surface area contributed by atoms with Crippen molar-refractivity contribution < 1.29 is 9.47 Å². The molecular weight excluding hydrogens is 398 g/mol. The van der Waals surface area contributed by atoms with E-state index in [-0.39, 0.29) is 0 Å². The molecule has 0 fully saturated rings. The number of imidazole rings is 1. The van der Waals surface area contributed by atoms with Gasteiger partial charge in [0.15, 0.2) is 0 Å². The number of nitrogens with two attached hydrogens (primary N) is 1. The van der Waals surface area contributed by atoms with Crippen LogP contribution in [0.4, 0.5) is 5.95 Å². The van der Waals surface area contributed by atoms with Crippen molar-refractivity contribution in [2.45, 2.75) is 0 Å². The van der Waals surface area contributed by atoms with Crippen LogP contribution >= 0.6 is 15.9 Å². The number of methoxy groups -OCH3 is 1. The van der Waals surface area contributed by atoms with Crippen molar-refractivity contribution in [3.63, 3.8) is 0 Å². The summed E-state index contributed by atoms with van der Waals surface area (Å²) in [6.07, 6.45) is 3.28. The number of fused-ring (bicyclic) bond motifs is 1. The Morgan fingerprint density at radius 2 is 1.77 bits per heavy atom. The molecule has 0 radical (unpaired) electrons. The van der Waals surface area contributed by atoms with Crippen LogP contribution in [-0.4, -0.2) is 26.5 Å². The molecule has 0 bridgehead atoms. The monoisotopic (exact) mass is 411 g/mol. The lowest BCUT2D eigenvalue weighted by Gasteiger charge is -2.07. The predicted molar refractivity (Wildman–Crippen MR) is 101 cm³/mol. The van der Waals surface area contributed by atoms with Crippen LogP contribution < -0.4 is 15.2 Å². The maximum absolute atomic E-state index is 6.01. The zero-order valence-electron chi connectivity index (χ0n) is 13.8. The Morgan fingerprint density at radius 3 is 2.54 bits per heavy atom. The summed E-state index contributed by atoms with van der Waals surface area (Å²) in [7, 11) is 1.60. The molecule has 26 heavy (non-hydrogen) atoms. The summed E-state index contributed by atoms with van der Waals surface area (Å²) in [4.78, 5) is 12.8. The van der Waals surface area contributed by atoms with E-state index in [4.69, 9.17) is 15.2 Å². The summed E-state index contributed by atoms with van der Waals surface area (Å²) in [5, 5.41) is 0. The zero-order valence-corrected chi connectivity index (χ0v) is 15.3. The number of benzene rings is 1. The van der Waals surface area contributed by atoms with Gasteiger partial charge < -0.3 is 15.2 Å². The van der Waals surface area contributed by atoms with E-state index in [0.29, 0.717) is 33.8 Å². The first-order chi connectivity index (χ1) is 12.7. The summed E-state index contributed by atoms with van der Waals surface area (Å²) >= 11 is 3.46. The molecule has 0 saturated heterocycles. The third kappa shape index (κ3) is 2.95. The standard InChI is InChI=1S/C18H14BrN5O2/c1-25-13-6-8-21-15(10-13)26-12-4-2-11(3-5-12)17-23-16(19)14-7-9-22-18(20)24(14)17/h2-10H,1H3,(H2,20,22). The molecule has 0 unspecified atom stereocenters. The Morgan fingerprint density at radius 1 is 1.00 bits per heavy atom. The normalized spacial score (nSPS) is 10.8. The fraction of sp³-hybridized carbons (Fsp3) is 0.0556. The molecule has 7 nitrogen and oxygen atoms in total. The van der Waals surface area contributed by atoms with Crippen LogP contribution in [0.2, 0.25) is 0 Å². The first-order valence-corrected chi connectivity index (χ1v) is 8.52. The molecule has 0 amide bonds. The van der Waals surface area contributed by atoms with Crippen molar-refractivity contribution in [2.75, 3.05) is 12.8 Å². The van der Waals surface area contributed by atoms with E-state index in [1.807, 2.05) is 30.3 Å². The van der Waals surface area contributed by atoms with Crippen molar-refractivity contribution in [1.29, 1.82) is 0 Å². The van der Waals surface area contributed by atoms with Crippen molar-refractivity contribution in [2.24, 2.45) is 0 Å². The SMILES string of the molecule is COc1ccnc(Oc2ccc(-c3nc(Br)c4ccnc(N)n34)cc2)c1. The summed E-state index contributed by atoms with van der Waals surface area (Å²) in [6.45, 7) is 0. The highest BCUT2D eigenvalue weighted by molar-refractivity contribution is 9.10. The number of halogens is 1. The number of aromatic nitrogens is 4. The van der Waals surface area contributed by atoms with Crippen LogP contribution in [-0.2, 0) is 0 Å². The molecule has 0 aliphatic rings. The highest BCUT2D eigenvalue weighted by Gasteiger charge is 2.13. The Hall–Kier alpha value is -3.13. The number of nitrogens with zero attached hydrogens (tertiary/aromatic N) is 4. The first-order valence-electron chi connectivity index (χ1n) is 7.72. The van der Waals surface area contributed by atoms with Crippen molar-refractivity contribution in [3.8, 4) is 28.8 Å². The van der Waals surface area contributed by atoms with E-state index in [0.717, 1.165) is 11.1 Å². The molecule has 0 atom stereocenters. The number of hydrogen-bond donors (Lipinski definition) is 1. The molecule has 3 heterocycles. The number of anilines is 1. The van der Waals surface area contributed by atoms with E-state index >= 15 is 0 Å². The second-order valence-corrected chi connectivity index (χ2v) is 6.16. The average Bonchev–Trinajstić information content (AvgIpc) is 3.01. The molecule has 0 spiro atoms. The van der Waals surface area contributed by atoms with Gasteiger partial charge in [-0.2, -0.15) is 0 Å². The highest BCUT2D eigenvalue weighted by Crippen LogP contribution is 2.30. The lowest BCUT2D eigenvalue weighted by molar-refractivity contribution is 0.405. The van der Waals surface area contributed by atoms with E-state index in [1.54, 1.807) is 36.0 Å². The number of rotatable bonds is 4. The molecule has 130 valence electrons. The predicted octanol–water partition coefficient (Wildman–Crippen LogP) is 3.94. The van der Waals surface area contributed by atoms with Gasteiger partial charge in [-0.25, -0.2) is 15.0 Å². The minimum Gasteiger partial charge on any atom is -0.497 e. The van der Waals surface area contributed by atoms with Crippen LogP contribution in [0.3, 0.4) is 0 Å². The molecule has 4 rings (SSSR count). The van der Waals surface area contributed by atoms with E-state index in [9.17, 15) is 0 Å². The van der Waals surface area contributed by atoms with Crippen molar-refractivity contribution >= 4 is 27.4 Å². The summed E-state index contributed by atoms with van der Waals surface area (Å²) in [5.41, 5.74) is 7.75. The van der Waals surface area contributed by atoms with Gasteiger partial charge >= 0.3 is 0 Å². The van der Waals surface area contributed by atoms with Crippen LogP contribution in [0.5, 0.6) is 17.4 Å². The topological polar surface area (TPSA) is 87.6 Å². The minimum atomic E-state index is 0.372. The van der Waals surface area contributed by atoms with Crippen LogP contribution in [0.1, 0.15) is 0 Å². The third-order valence-electron chi connectivity index (χ3n) is 3.81. The number of ether oxygens (including phenoxy) is 2. The Labute approximate surface area is 157 Å². The van der Waals surface area contributed by atoms with Crippen molar-refractivity contribution in [3.05, 3.63) is 59.5 Å². The van der Waals surface area contributed by atoms with Crippen LogP contribution in [0, 0.1) is 0 Å². The number of nitrogen functional groups attached to an aromatic ring is 1. The molecule has 2 N–H and O–H groups in total. The van der Waals surface area contributed by atoms with Gasteiger partial charge in [-0.15, -0.1) is 0 Å². The Kier molecular flexibility index (Phi) is 4.18. The van der Waals surface area contributed by atoms with Gasteiger partial charge in [-0.1, -0.05) is 0 Å². The van der Waals surface area contributed by atoms with Gasteiger partial charge in [0.25, 0.3) is 0 Å². The zero-order chi connectivity index (χ0) is 18.1. The average molecular weight is 412 g/mol. The number of hydrogen-bond acceptors (Lipinski definition) is 6. The number of pyridine rings is 1. The molecule has 0 aliphatic heterocycles. The van der Waals surface area contributed by atoms with Gasteiger partial charge in [0.1, 0.15) is 21.9 Å². The Bertz CT molecular complexity index is 1080. The van der Waals surface area contributed by atoms with Gasteiger partial charge in [0.05, 0.1) is 12.6 Å². The molecule has 4 aromatic rings. The summed E-state index contributed by atoms with van der Waals surface area (Å²) < 4.78 is 13.4. The largest absolute Gasteiger partial charge is 0.497 e. The summed E-state index contributed by atoms with van der Waals surface area (Å²) in [6, 6.07) is 12.8. The van der Waals surface area contributed by atoms with Gasteiger partial charge in [-0.05, 0) is 52.3 Å². The molecular formula is C18H14BrN5O2. The minimum absolute atomic E-state index is 0.372. The lowest BCUT2D eigenvalue weighted by atomic mass is 10.2. The highest BCUT2D eigenvalue weighted by atomic mass is 79.9. The van der Waals surface area contributed by atoms with E-state index in [1.165, 1.54) is 0 Å². The fourth-order valence-corrected chi connectivity index (χ4v) is 3.06. The second kappa shape index (κ2) is 6.64. The Balaban J connectivity index is 1.66. The lowest BCUT2D eigenvalue weighted by Crippen LogP contribution is -2.01. The van der Waals surface area contributed by atoms with Crippen LogP contribution in [0.25, 0.3) is 16.9 Å². The fourth-order valence-electron chi connectivity index (χ4n) is 2.58. The first kappa shape index (κ1) is 16.3. The van der Waals surface area contributed by atoms with Gasteiger partial charge in [-0.3, -0.25) is 4.40 Å². The van der Waals surface area contributed by atoms with Crippen LogP contribution in [0.15, 0.2) is 59.5 Å². The van der Waals surface area contributed by atoms with E-state index < -0.39 is 0 Å². The molecule has 1 aromatic carbocycles. The van der Waals surface area contributed by atoms with Gasteiger partial charge in [0, 0.05) is 24.0 Å². The second-order valence-electron chi connectivity index (χ2n) is 5.41. The van der Waals surface area contributed by atoms with Crippen molar-refractivity contribution in [1.82, 2.24) is 19.4 Å². The smallest absolute Gasteiger partial charge is 0.222 e. The molecule has 8 heteroatoms. The molecule has 3 aromatic heterocycles. The quantitative estimate of drug-likeness (QED) is 0.547. The molecule has 0 saturated carbocycles. The van der Waals surface area contributed by atoms with E-state index in [2.05, 4.69) is 30.9 Å². The third-order valence-corrected chi connectivity index (χ3v) is 4.40. The maximum atomic E-state index is 6.01. The molecule has 0 aliphatic carbocycles. The summed E-state index contributed by atoms with van der Waals surface area (Å²) in [5.74, 6) is 2.86. The van der Waals surface area contributed by atoms with Gasteiger partial charge in [0.2, 0.25) is 11.8 Å². The maximum Gasteiger partial charge on any atom is 0.222 e.